The van der Waals surface area contributed by atoms with Gasteiger partial charge >= 0.3 is 12.3 Å². The van der Waals surface area contributed by atoms with Crippen molar-refractivity contribution in [1.82, 2.24) is 14.5 Å². The van der Waals surface area contributed by atoms with Crippen molar-refractivity contribution in [3.8, 4) is 11.3 Å². The third kappa shape index (κ3) is 4.06. The quantitative estimate of drug-likeness (QED) is 0.681. The fourth-order valence-electron chi connectivity index (χ4n) is 2.91. The molecule has 0 bridgehead atoms. The lowest BCUT2D eigenvalue weighted by atomic mass is 10.1. The zero-order chi connectivity index (χ0) is 20.0. The van der Waals surface area contributed by atoms with E-state index >= 15 is 0 Å². The van der Waals surface area contributed by atoms with E-state index in [0.29, 0.717) is 5.56 Å². The normalized spacial score (nSPS) is 14.9. The van der Waals surface area contributed by atoms with Crippen LogP contribution in [0.3, 0.4) is 0 Å². The Hall–Kier alpha value is -2.58. The second-order valence-electron chi connectivity index (χ2n) is 7.29. The van der Waals surface area contributed by atoms with Crippen LogP contribution in [0.1, 0.15) is 32.3 Å². The van der Waals surface area contributed by atoms with E-state index in [1.54, 1.807) is 20.8 Å². The molecule has 0 radical (unpaired) electrons. The minimum Gasteiger partial charge on any atom is -0.444 e. The van der Waals surface area contributed by atoms with E-state index in [0.717, 1.165) is 16.7 Å². The molecule has 2 aromatic rings. The molecule has 0 saturated heterocycles. The van der Waals surface area contributed by atoms with Gasteiger partial charge in [-0.2, -0.15) is 13.2 Å². The number of aromatic nitrogens is 2. The van der Waals surface area contributed by atoms with Crippen LogP contribution < -0.4 is 0 Å². The van der Waals surface area contributed by atoms with Gasteiger partial charge in [-0.15, -0.1) is 0 Å². The number of hydrogen-bond acceptors (Lipinski definition) is 3. The number of halogens is 4. The van der Waals surface area contributed by atoms with E-state index in [9.17, 15) is 22.4 Å². The van der Waals surface area contributed by atoms with Crippen molar-refractivity contribution < 1.29 is 27.1 Å². The molecule has 0 saturated carbocycles. The van der Waals surface area contributed by atoms with Crippen molar-refractivity contribution >= 4 is 6.09 Å². The van der Waals surface area contributed by atoms with E-state index < -0.39 is 29.5 Å². The zero-order valence-corrected chi connectivity index (χ0v) is 15.1. The van der Waals surface area contributed by atoms with Gasteiger partial charge in [0.25, 0.3) is 0 Å². The molecule has 1 amide bonds. The molecule has 1 aliphatic rings. The highest BCUT2D eigenvalue weighted by atomic mass is 19.4. The highest BCUT2D eigenvalue weighted by Gasteiger charge is 2.41. The Labute approximate surface area is 153 Å². The van der Waals surface area contributed by atoms with Crippen LogP contribution in [0.25, 0.3) is 11.3 Å². The lowest BCUT2D eigenvalue weighted by Gasteiger charge is -2.31. The fourth-order valence-corrected chi connectivity index (χ4v) is 2.91. The molecular formula is C18H19F4N3O2. The van der Waals surface area contributed by atoms with Crippen LogP contribution in [0.2, 0.25) is 0 Å². The maximum atomic E-state index is 13.4. The first-order valence-corrected chi connectivity index (χ1v) is 8.36. The van der Waals surface area contributed by atoms with Crippen LogP contribution >= 0.6 is 0 Å². The van der Waals surface area contributed by atoms with Gasteiger partial charge in [0.05, 0.1) is 17.9 Å². The van der Waals surface area contributed by atoms with Crippen molar-refractivity contribution in [3.63, 3.8) is 0 Å². The van der Waals surface area contributed by atoms with Crippen LogP contribution in [-0.2, 0) is 24.0 Å². The summed E-state index contributed by atoms with van der Waals surface area (Å²) >= 11 is 0. The van der Waals surface area contributed by atoms with Crippen molar-refractivity contribution in [2.75, 3.05) is 6.54 Å². The molecule has 146 valence electrons. The largest absolute Gasteiger partial charge is 0.449 e. The molecule has 1 aromatic heterocycles. The standard InChI is InChI=1S/C18H19F4N3O2/c1-17(2,3)27-16(26)24-8-9-25-13(10-24)14(23-15(25)18(20,21)22)11-4-6-12(19)7-5-11/h4-7H,8-10H2,1-3H3. The molecule has 1 aliphatic heterocycles. The predicted octanol–water partition coefficient (Wildman–Crippen LogP) is 4.46. The summed E-state index contributed by atoms with van der Waals surface area (Å²) < 4.78 is 59.8. The van der Waals surface area contributed by atoms with Gasteiger partial charge in [-0.05, 0) is 45.0 Å². The van der Waals surface area contributed by atoms with Gasteiger partial charge in [-0.3, -0.25) is 0 Å². The Morgan fingerprint density at radius 3 is 2.30 bits per heavy atom. The number of alkyl halides is 3. The minimum absolute atomic E-state index is 0.0579. The Kier molecular flexibility index (Phi) is 4.65. The number of carbonyl (C=O) groups is 1. The average Bonchev–Trinajstić information content (AvgIpc) is 2.93. The van der Waals surface area contributed by atoms with Crippen molar-refractivity contribution in [2.45, 2.75) is 45.6 Å². The molecule has 0 spiro atoms. The summed E-state index contributed by atoms with van der Waals surface area (Å²) in [7, 11) is 0. The average molecular weight is 385 g/mol. The smallest absolute Gasteiger partial charge is 0.444 e. The highest BCUT2D eigenvalue weighted by Crippen LogP contribution is 2.36. The van der Waals surface area contributed by atoms with E-state index in [2.05, 4.69) is 4.98 Å². The van der Waals surface area contributed by atoms with Gasteiger partial charge in [0, 0.05) is 18.7 Å². The summed E-state index contributed by atoms with van der Waals surface area (Å²) in [5.74, 6) is -1.53. The second-order valence-corrected chi connectivity index (χ2v) is 7.29. The lowest BCUT2D eigenvalue weighted by molar-refractivity contribution is -0.147. The predicted molar refractivity (Wildman–Crippen MR) is 89.3 cm³/mol. The molecule has 0 aliphatic carbocycles. The van der Waals surface area contributed by atoms with Crippen LogP contribution in [0.5, 0.6) is 0 Å². The van der Waals surface area contributed by atoms with Gasteiger partial charge < -0.3 is 14.2 Å². The summed E-state index contributed by atoms with van der Waals surface area (Å²) in [5.41, 5.74) is -0.0468. The number of amides is 1. The molecule has 0 fully saturated rings. The van der Waals surface area contributed by atoms with Crippen LogP contribution in [0.15, 0.2) is 24.3 Å². The fraction of sp³-hybridized carbons (Fsp3) is 0.444. The topological polar surface area (TPSA) is 47.4 Å². The van der Waals surface area contributed by atoms with E-state index in [1.807, 2.05) is 0 Å². The minimum atomic E-state index is -4.64. The van der Waals surface area contributed by atoms with E-state index in [4.69, 9.17) is 4.74 Å². The first-order valence-electron chi connectivity index (χ1n) is 8.36. The molecule has 9 heteroatoms. The maximum Gasteiger partial charge on any atom is 0.449 e. The Balaban J connectivity index is 2.01. The first-order chi connectivity index (χ1) is 12.5. The van der Waals surface area contributed by atoms with Crippen LogP contribution in [0.4, 0.5) is 22.4 Å². The highest BCUT2D eigenvalue weighted by molar-refractivity contribution is 5.70. The Morgan fingerprint density at radius 1 is 1.11 bits per heavy atom. The molecule has 2 heterocycles. The lowest BCUT2D eigenvalue weighted by Crippen LogP contribution is -2.42. The van der Waals surface area contributed by atoms with Crippen molar-refractivity contribution in [2.24, 2.45) is 0 Å². The monoisotopic (exact) mass is 385 g/mol. The number of carbonyl (C=O) groups excluding carboxylic acids is 1. The van der Waals surface area contributed by atoms with E-state index in [-0.39, 0.29) is 31.0 Å². The van der Waals surface area contributed by atoms with Crippen molar-refractivity contribution in [3.05, 3.63) is 41.6 Å². The number of benzene rings is 1. The molecular weight excluding hydrogens is 366 g/mol. The van der Waals surface area contributed by atoms with Gasteiger partial charge in [0.2, 0.25) is 5.82 Å². The van der Waals surface area contributed by atoms with Gasteiger partial charge in [0.1, 0.15) is 11.4 Å². The number of nitrogens with zero attached hydrogens (tertiary/aromatic N) is 3. The van der Waals surface area contributed by atoms with Crippen molar-refractivity contribution in [1.29, 1.82) is 0 Å². The van der Waals surface area contributed by atoms with Crippen LogP contribution in [-0.4, -0.2) is 32.7 Å². The molecule has 5 nitrogen and oxygen atoms in total. The van der Waals surface area contributed by atoms with Crippen LogP contribution in [0, 0.1) is 5.82 Å². The number of imidazole rings is 1. The third-order valence-electron chi connectivity index (χ3n) is 4.03. The number of fused-ring (bicyclic) bond motifs is 1. The maximum absolute atomic E-state index is 13.4. The molecule has 3 rings (SSSR count). The van der Waals surface area contributed by atoms with Gasteiger partial charge in [-0.1, -0.05) is 0 Å². The van der Waals surface area contributed by atoms with Gasteiger partial charge in [0.15, 0.2) is 0 Å². The molecule has 0 unspecified atom stereocenters. The molecule has 1 aromatic carbocycles. The molecule has 0 atom stereocenters. The summed E-state index contributed by atoms with van der Waals surface area (Å²) in [4.78, 5) is 17.4. The second kappa shape index (κ2) is 6.54. The number of ether oxygens (including phenoxy) is 1. The number of rotatable bonds is 1. The first kappa shape index (κ1) is 19.2. The molecule has 0 N–H and O–H groups in total. The molecule has 27 heavy (non-hydrogen) atoms. The van der Waals surface area contributed by atoms with Gasteiger partial charge in [-0.25, -0.2) is 14.2 Å². The summed E-state index contributed by atoms with van der Waals surface area (Å²) in [5, 5.41) is 0. The summed E-state index contributed by atoms with van der Waals surface area (Å²) in [6.45, 7) is 5.08. The number of hydrogen-bond donors (Lipinski definition) is 0. The summed E-state index contributed by atoms with van der Waals surface area (Å²) in [6, 6.07) is 5.04. The Morgan fingerprint density at radius 2 is 1.74 bits per heavy atom. The SMILES string of the molecule is CC(C)(C)OC(=O)N1CCn2c(C(F)(F)F)nc(-c3ccc(F)cc3)c2C1. The Bertz CT molecular complexity index is 851. The zero-order valence-electron chi connectivity index (χ0n) is 15.1. The van der Waals surface area contributed by atoms with E-state index in [1.165, 1.54) is 17.0 Å². The summed E-state index contributed by atoms with van der Waals surface area (Å²) in [6.07, 6.45) is -5.24. The third-order valence-corrected chi connectivity index (χ3v) is 4.03.